The van der Waals surface area contributed by atoms with Gasteiger partial charge in [-0.05, 0) is 103 Å². The van der Waals surface area contributed by atoms with Gasteiger partial charge in [0.1, 0.15) is 11.6 Å². The predicted octanol–water partition coefficient (Wildman–Crippen LogP) is 15.8. The number of benzene rings is 6. The average molecular weight is 1030 g/mol. The van der Waals surface area contributed by atoms with Crippen LogP contribution in [0.1, 0.15) is 115 Å². The first-order valence-corrected chi connectivity index (χ1v) is 22.0. The van der Waals surface area contributed by atoms with Gasteiger partial charge in [-0.3, -0.25) is 9.55 Å². The summed E-state index contributed by atoms with van der Waals surface area (Å²) in [4.78, 5) is 10.3. The third kappa shape index (κ3) is 9.18. The molecule has 8 aromatic rings. The van der Waals surface area contributed by atoms with Gasteiger partial charge in [0.25, 0.3) is 0 Å². The fourth-order valence-corrected chi connectivity index (χ4v) is 8.29. The Morgan fingerprint density at radius 2 is 1.17 bits per heavy atom. The van der Waals surface area contributed by atoms with Crippen molar-refractivity contribution in [2.75, 3.05) is 0 Å². The van der Waals surface area contributed by atoms with Crippen LogP contribution in [-0.4, -0.2) is 19.6 Å². The third-order valence-electron chi connectivity index (χ3n) is 12.2. The van der Waals surface area contributed by atoms with Crippen molar-refractivity contribution in [1.29, 1.82) is 0 Å². The summed E-state index contributed by atoms with van der Waals surface area (Å²) in [7, 11) is 0. The van der Waals surface area contributed by atoms with Crippen LogP contribution in [0.2, 0.25) is 0 Å². The first kappa shape index (κ1) is 42.4. The van der Waals surface area contributed by atoms with Crippen molar-refractivity contribution < 1.29 is 30.3 Å². The minimum absolute atomic E-state index is 0. The molecule has 6 aromatic carbocycles. The number of phenolic OH excluding ortho intramolecular Hbond substituents is 1. The molecule has 0 amide bonds. The Hall–Kier alpha value is -5.57. The molecule has 0 bridgehead atoms. The van der Waals surface area contributed by atoms with Gasteiger partial charge in [-0.15, -0.1) is 29.8 Å². The van der Waals surface area contributed by atoms with Crippen LogP contribution in [0, 0.1) is 12.9 Å². The van der Waals surface area contributed by atoms with Gasteiger partial charge in [-0.1, -0.05) is 173 Å². The zero-order chi connectivity index (χ0) is 47.7. The number of pyridine rings is 1. The summed E-state index contributed by atoms with van der Waals surface area (Å²) < 4.78 is 28.6. The number of para-hydroxylation sites is 1. The number of phenols is 1. The molecular formula is C59H62N3OPt-. The SMILES string of the molecule is [2H]C([2H])([2H])c1cc(-c2ccccc2)ccc1-n1c(-c2cc(C(C)(C)C)cc(C(C)(C)C)c2O)nc2c(-c3[c-]c(-c4cc(-c5cc(C(C)(C)C)cc(C(C)(C)C)c5)ccn4)ccc3)cccc21.[Pt]. The molecule has 0 fully saturated rings. The van der Waals surface area contributed by atoms with Crippen molar-refractivity contribution in [2.24, 2.45) is 0 Å². The number of nitrogens with zero attached hydrogens (tertiary/aromatic N) is 3. The fraction of sp³-hybridized carbons (Fsp3) is 0.288. The zero-order valence-electron chi connectivity index (χ0n) is 42.3. The number of aryl methyl sites for hydroxylation is 1. The quantitative estimate of drug-likeness (QED) is 0.169. The number of hydrogen-bond acceptors (Lipinski definition) is 3. The third-order valence-corrected chi connectivity index (χ3v) is 12.2. The molecule has 0 aliphatic rings. The summed E-state index contributed by atoms with van der Waals surface area (Å²) in [5.41, 5.74) is 13.4. The second kappa shape index (κ2) is 17.1. The molecule has 0 unspecified atom stereocenters. The van der Waals surface area contributed by atoms with Crippen molar-refractivity contribution in [3.05, 3.63) is 167 Å². The molecule has 0 saturated carbocycles. The van der Waals surface area contributed by atoms with Crippen molar-refractivity contribution in [3.63, 3.8) is 0 Å². The minimum Gasteiger partial charge on any atom is -0.507 e. The number of rotatable bonds is 6. The molecule has 64 heavy (non-hydrogen) atoms. The summed E-state index contributed by atoms with van der Waals surface area (Å²) in [5, 5.41) is 12.4. The normalized spacial score (nSPS) is 13.3. The summed E-state index contributed by atoms with van der Waals surface area (Å²) in [6.45, 7) is 23.8. The van der Waals surface area contributed by atoms with Gasteiger partial charge in [0.05, 0.1) is 22.3 Å². The Morgan fingerprint density at radius 1 is 0.547 bits per heavy atom. The first-order chi connectivity index (χ1) is 30.8. The van der Waals surface area contributed by atoms with Crippen molar-refractivity contribution in [1.82, 2.24) is 14.5 Å². The van der Waals surface area contributed by atoms with Crippen LogP contribution >= 0.6 is 0 Å². The molecule has 0 aliphatic carbocycles. The van der Waals surface area contributed by atoms with E-state index in [1.165, 1.54) is 11.1 Å². The molecule has 2 heterocycles. The molecule has 1 N–H and O–H groups in total. The van der Waals surface area contributed by atoms with Crippen molar-refractivity contribution >= 4 is 11.0 Å². The van der Waals surface area contributed by atoms with Crippen LogP contribution in [0.3, 0.4) is 0 Å². The number of fused-ring (bicyclic) bond motifs is 1. The van der Waals surface area contributed by atoms with Gasteiger partial charge in [0, 0.05) is 42.6 Å². The summed E-state index contributed by atoms with van der Waals surface area (Å²) in [5.74, 6) is 0.564. The van der Waals surface area contributed by atoms with Gasteiger partial charge in [-0.25, -0.2) is 4.98 Å². The Kier molecular flexibility index (Phi) is 11.3. The number of imidazole rings is 1. The van der Waals surface area contributed by atoms with Gasteiger partial charge in [0.15, 0.2) is 0 Å². The Bertz CT molecular complexity index is 3090. The molecule has 4 nitrogen and oxygen atoms in total. The predicted molar refractivity (Wildman–Crippen MR) is 266 cm³/mol. The van der Waals surface area contributed by atoms with Crippen LogP contribution in [0.5, 0.6) is 5.75 Å². The zero-order valence-corrected chi connectivity index (χ0v) is 41.6. The molecule has 0 spiro atoms. The minimum atomic E-state index is -2.48. The monoisotopic (exact) mass is 1030 g/mol. The van der Waals surface area contributed by atoms with E-state index in [1.54, 1.807) is 6.07 Å². The van der Waals surface area contributed by atoms with E-state index < -0.39 is 12.3 Å². The van der Waals surface area contributed by atoms with E-state index in [9.17, 15) is 5.11 Å². The topological polar surface area (TPSA) is 50.9 Å². The maximum absolute atomic E-state index is 12.4. The van der Waals surface area contributed by atoms with Crippen LogP contribution in [0.4, 0.5) is 0 Å². The number of aromatic hydroxyl groups is 1. The second-order valence-corrected chi connectivity index (χ2v) is 21.2. The molecule has 330 valence electrons. The van der Waals surface area contributed by atoms with E-state index in [0.717, 1.165) is 55.8 Å². The molecule has 2 aromatic heterocycles. The second-order valence-electron chi connectivity index (χ2n) is 21.2. The largest absolute Gasteiger partial charge is 0.507 e. The van der Waals surface area contributed by atoms with Crippen molar-refractivity contribution in [2.45, 2.75) is 112 Å². The van der Waals surface area contributed by atoms with Gasteiger partial charge in [-0.2, -0.15) is 0 Å². The van der Waals surface area contributed by atoms with E-state index in [0.29, 0.717) is 28.1 Å². The Balaban J connectivity index is 0.00000666. The maximum atomic E-state index is 12.4. The smallest absolute Gasteiger partial charge is 0.148 e. The van der Waals surface area contributed by atoms with E-state index in [2.05, 4.69) is 126 Å². The van der Waals surface area contributed by atoms with E-state index in [1.807, 2.05) is 95.7 Å². The molecule has 0 aliphatic heterocycles. The Labute approximate surface area is 400 Å². The van der Waals surface area contributed by atoms with Crippen LogP contribution in [0.25, 0.3) is 72.7 Å². The fourth-order valence-electron chi connectivity index (χ4n) is 8.29. The summed E-state index contributed by atoms with van der Waals surface area (Å²) >= 11 is 0. The summed E-state index contributed by atoms with van der Waals surface area (Å²) in [6.07, 6.45) is 1.87. The van der Waals surface area contributed by atoms with Crippen molar-refractivity contribution in [3.8, 4) is 67.5 Å². The molecular weight excluding hydrogens is 962 g/mol. The van der Waals surface area contributed by atoms with Crippen LogP contribution < -0.4 is 0 Å². The number of aromatic nitrogens is 3. The van der Waals surface area contributed by atoms with E-state index >= 15 is 0 Å². The molecule has 0 radical (unpaired) electrons. The summed E-state index contributed by atoms with van der Waals surface area (Å²) in [6, 6.07) is 46.5. The van der Waals surface area contributed by atoms with E-state index in [4.69, 9.17) is 14.1 Å². The van der Waals surface area contributed by atoms with Gasteiger partial charge < -0.3 is 5.11 Å². The van der Waals surface area contributed by atoms with Gasteiger partial charge >= 0.3 is 0 Å². The average Bonchev–Trinajstić information content (AvgIpc) is 3.64. The molecule has 0 atom stereocenters. The number of hydrogen-bond donors (Lipinski definition) is 1. The maximum Gasteiger partial charge on any atom is 0.148 e. The molecule has 0 saturated heterocycles. The first-order valence-electron chi connectivity index (χ1n) is 23.5. The standard InChI is InChI=1S/C59H62N3O.Pt/c1-37-29-39(38-19-15-14-16-20-38)25-26-51(37)62-52-24-18-23-47(53(52)61-55(62)48-35-46(58(8,9)10)36-49(54(48)63)59(11,12)13)41-21-17-22-42(30-41)50-33-40(27-28-60-50)43-31-44(56(2,3)4)34-45(32-43)57(5,6)7;/h14-29,31-36,63H,1-13H3;/q-1;/i1D3;. The van der Waals surface area contributed by atoms with Crippen LogP contribution in [-0.2, 0) is 42.7 Å². The van der Waals surface area contributed by atoms with Crippen LogP contribution in [0.15, 0.2) is 134 Å². The molecule has 8 rings (SSSR count). The van der Waals surface area contributed by atoms with E-state index in [-0.39, 0.29) is 48.6 Å². The van der Waals surface area contributed by atoms with Gasteiger partial charge in [0.2, 0.25) is 0 Å². The molecule has 5 heteroatoms. The Morgan fingerprint density at radius 3 is 1.81 bits per heavy atom.